The van der Waals surface area contributed by atoms with Gasteiger partial charge in [0.25, 0.3) is 0 Å². The second kappa shape index (κ2) is 5.30. The lowest BCUT2D eigenvalue weighted by molar-refractivity contribution is -0.120. The molecule has 23 heavy (non-hydrogen) atoms. The Hall–Kier alpha value is -2.50. The lowest BCUT2D eigenvalue weighted by Crippen LogP contribution is -2.39. The number of rotatable bonds is 2. The normalized spacial score (nSPS) is 22.3. The van der Waals surface area contributed by atoms with Crippen molar-refractivity contribution in [3.05, 3.63) is 53.9 Å². The maximum Gasteiger partial charge on any atom is 0.231 e. The Bertz CT molecular complexity index is 761. The molecule has 1 aliphatic heterocycles. The van der Waals surface area contributed by atoms with E-state index < -0.39 is 23.5 Å². The van der Waals surface area contributed by atoms with Gasteiger partial charge in [-0.25, -0.2) is 8.78 Å². The van der Waals surface area contributed by atoms with Crippen LogP contribution in [0.1, 0.15) is 17.9 Å². The number of hydrogen-bond acceptors (Lipinski definition) is 3. The summed E-state index contributed by atoms with van der Waals surface area (Å²) in [6.45, 7) is 0.814. The number of hydrogen-bond donors (Lipinski definition) is 0. The van der Waals surface area contributed by atoms with E-state index in [1.165, 1.54) is 18.2 Å². The Morgan fingerprint density at radius 3 is 2.83 bits per heavy atom. The SMILES string of the molecule is O=C([C@@H]1C[C@H]1c1c(F)cccc1F)N1CCOc2ccncc21. The van der Waals surface area contributed by atoms with Crippen LogP contribution < -0.4 is 9.64 Å². The van der Waals surface area contributed by atoms with Crippen molar-refractivity contribution >= 4 is 11.6 Å². The first-order valence-electron chi connectivity index (χ1n) is 7.49. The Kier molecular flexibility index (Phi) is 3.25. The van der Waals surface area contributed by atoms with Crippen molar-refractivity contribution in [2.24, 2.45) is 5.92 Å². The second-order valence-electron chi connectivity index (χ2n) is 5.77. The van der Waals surface area contributed by atoms with Gasteiger partial charge in [-0.05, 0) is 18.6 Å². The van der Waals surface area contributed by atoms with Crippen LogP contribution in [0.4, 0.5) is 14.5 Å². The van der Waals surface area contributed by atoms with Gasteiger partial charge in [-0.3, -0.25) is 9.78 Å². The fraction of sp³-hybridized carbons (Fsp3) is 0.294. The number of carbonyl (C=O) groups excluding carboxylic acids is 1. The van der Waals surface area contributed by atoms with E-state index in [-0.39, 0.29) is 11.5 Å². The summed E-state index contributed by atoms with van der Waals surface area (Å²) in [5.41, 5.74) is 0.633. The predicted molar refractivity (Wildman–Crippen MR) is 79.3 cm³/mol. The van der Waals surface area contributed by atoms with E-state index in [4.69, 9.17) is 4.74 Å². The van der Waals surface area contributed by atoms with Gasteiger partial charge in [0.05, 0.1) is 12.7 Å². The molecule has 1 amide bonds. The van der Waals surface area contributed by atoms with Gasteiger partial charge in [0, 0.05) is 29.7 Å². The molecule has 2 aliphatic rings. The Balaban J connectivity index is 1.59. The summed E-state index contributed by atoms with van der Waals surface area (Å²) in [5, 5.41) is 0. The Labute approximate surface area is 131 Å². The van der Waals surface area contributed by atoms with Gasteiger partial charge in [-0.1, -0.05) is 6.07 Å². The van der Waals surface area contributed by atoms with Crippen molar-refractivity contribution in [1.82, 2.24) is 4.98 Å². The third kappa shape index (κ3) is 2.34. The Morgan fingerprint density at radius 2 is 2.04 bits per heavy atom. The molecule has 6 heteroatoms. The number of benzene rings is 1. The van der Waals surface area contributed by atoms with Crippen molar-refractivity contribution in [3.63, 3.8) is 0 Å². The molecule has 1 aromatic carbocycles. The molecule has 2 atom stereocenters. The quantitative estimate of drug-likeness (QED) is 0.855. The first-order chi connectivity index (χ1) is 11.2. The molecular formula is C17H14F2N2O2. The van der Waals surface area contributed by atoms with Gasteiger partial charge >= 0.3 is 0 Å². The van der Waals surface area contributed by atoms with Gasteiger partial charge in [0.1, 0.15) is 29.7 Å². The minimum Gasteiger partial charge on any atom is -0.489 e. The average molecular weight is 316 g/mol. The molecule has 1 aromatic heterocycles. The van der Waals surface area contributed by atoms with Crippen LogP contribution in [-0.2, 0) is 4.79 Å². The van der Waals surface area contributed by atoms with E-state index in [0.29, 0.717) is 31.0 Å². The van der Waals surface area contributed by atoms with Crippen LogP contribution in [0.2, 0.25) is 0 Å². The lowest BCUT2D eigenvalue weighted by Gasteiger charge is -2.29. The molecule has 4 rings (SSSR count). The molecule has 1 aliphatic carbocycles. The highest BCUT2D eigenvalue weighted by Crippen LogP contribution is 2.51. The topological polar surface area (TPSA) is 42.4 Å². The summed E-state index contributed by atoms with van der Waals surface area (Å²) >= 11 is 0. The number of aromatic nitrogens is 1. The van der Waals surface area contributed by atoms with Crippen molar-refractivity contribution in [3.8, 4) is 5.75 Å². The molecule has 1 fully saturated rings. The molecule has 2 heterocycles. The zero-order valence-corrected chi connectivity index (χ0v) is 12.2. The largest absolute Gasteiger partial charge is 0.489 e. The third-order valence-corrected chi connectivity index (χ3v) is 4.37. The molecule has 1 saturated carbocycles. The van der Waals surface area contributed by atoms with E-state index in [9.17, 15) is 13.6 Å². The molecule has 2 aromatic rings. The molecule has 0 bridgehead atoms. The summed E-state index contributed by atoms with van der Waals surface area (Å²) in [6.07, 6.45) is 3.64. The maximum atomic E-state index is 13.9. The number of ether oxygens (including phenoxy) is 1. The van der Waals surface area contributed by atoms with Crippen LogP contribution in [-0.4, -0.2) is 24.0 Å². The highest BCUT2D eigenvalue weighted by Gasteiger charge is 2.49. The minimum atomic E-state index is -0.589. The van der Waals surface area contributed by atoms with Gasteiger partial charge < -0.3 is 9.64 Å². The Morgan fingerprint density at radius 1 is 1.26 bits per heavy atom. The molecule has 0 unspecified atom stereocenters. The number of nitrogens with zero attached hydrogens (tertiary/aromatic N) is 2. The number of pyridine rings is 1. The predicted octanol–water partition coefficient (Wildman–Crippen LogP) is 2.89. The monoisotopic (exact) mass is 316 g/mol. The zero-order valence-electron chi connectivity index (χ0n) is 12.2. The lowest BCUT2D eigenvalue weighted by atomic mass is 10.1. The van der Waals surface area contributed by atoms with Crippen LogP contribution in [0.5, 0.6) is 5.75 Å². The third-order valence-electron chi connectivity index (χ3n) is 4.37. The summed E-state index contributed by atoms with van der Waals surface area (Å²) in [5.74, 6) is -1.49. The number of halogens is 2. The van der Waals surface area contributed by atoms with Crippen molar-refractivity contribution in [1.29, 1.82) is 0 Å². The summed E-state index contributed by atoms with van der Waals surface area (Å²) in [6, 6.07) is 5.49. The van der Waals surface area contributed by atoms with Crippen LogP contribution in [0.3, 0.4) is 0 Å². The van der Waals surface area contributed by atoms with Crippen molar-refractivity contribution in [2.45, 2.75) is 12.3 Å². The smallest absolute Gasteiger partial charge is 0.231 e. The van der Waals surface area contributed by atoms with Gasteiger partial charge in [-0.2, -0.15) is 0 Å². The van der Waals surface area contributed by atoms with E-state index in [1.807, 2.05) is 0 Å². The first kappa shape index (κ1) is 14.1. The first-order valence-corrected chi connectivity index (χ1v) is 7.49. The van der Waals surface area contributed by atoms with Gasteiger partial charge in [-0.15, -0.1) is 0 Å². The maximum absolute atomic E-state index is 13.9. The summed E-state index contributed by atoms with van der Waals surface area (Å²) in [4.78, 5) is 18.4. The number of amides is 1. The molecule has 0 spiro atoms. The molecule has 4 nitrogen and oxygen atoms in total. The van der Waals surface area contributed by atoms with Crippen LogP contribution in [0.15, 0.2) is 36.7 Å². The zero-order chi connectivity index (χ0) is 16.0. The standard InChI is InChI=1S/C17H14F2N2O2/c18-12-2-1-3-13(19)16(12)10-8-11(10)17(22)21-6-7-23-15-4-5-20-9-14(15)21/h1-5,9-11H,6-8H2/t10-,11-/m1/s1. The summed E-state index contributed by atoms with van der Waals surface area (Å²) in [7, 11) is 0. The number of anilines is 1. The molecular weight excluding hydrogens is 302 g/mol. The molecule has 118 valence electrons. The van der Waals surface area contributed by atoms with E-state index >= 15 is 0 Å². The van der Waals surface area contributed by atoms with Crippen LogP contribution in [0.25, 0.3) is 0 Å². The van der Waals surface area contributed by atoms with E-state index in [1.54, 1.807) is 23.4 Å². The molecule has 0 N–H and O–H groups in total. The fourth-order valence-corrected chi connectivity index (χ4v) is 3.15. The average Bonchev–Trinajstić information content (AvgIpc) is 3.34. The second-order valence-corrected chi connectivity index (χ2v) is 5.77. The minimum absolute atomic E-state index is 0.0190. The molecule has 0 saturated heterocycles. The van der Waals surface area contributed by atoms with Crippen LogP contribution >= 0.6 is 0 Å². The van der Waals surface area contributed by atoms with Gasteiger partial charge in [0.15, 0.2) is 0 Å². The highest BCUT2D eigenvalue weighted by molar-refractivity contribution is 5.98. The highest BCUT2D eigenvalue weighted by atomic mass is 19.1. The van der Waals surface area contributed by atoms with Crippen molar-refractivity contribution in [2.75, 3.05) is 18.1 Å². The number of carbonyl (C=O) groups is 1. The van der Waals surface area contributed by atoms with E-state index in [2.05, 4.69) is 4.98 Å². The number of fused-ring (bicyclic) bond motifs is 1. The summed E-state index contributed by atoms with van der Waals surface area (Å²) < 4.78 is 33.2. The van der Waals surface area contributed by atoms with E-state index in [0.717, 1.165) is 0 Å². The van der Waals surface area contributed by atoms with Gasteiger partial charge in [0.2, 0.25) is 5.91 Å². The fourth-order valence-electron chi connectivity index (χ4n) is 3.15. The molecule has 0 radical (unpaired) electrons. The van der Waals surface area contributed by atoms with Crippen LogP contribution in [0, 0.1) is 17.6 Å². The van der Waals surface area contributed by atoms with Crippen molar-refractivity contribution < 1.29 is 18.3 Å².